The first kappa shape index (κ1) is 12.5. The molecule has 2 aliphatic rings. The number of anilines is 1. The number of rotatable bonds is 2. The molecule has 2 aliphatic heterocycles. The molecule has 3 heterocycles. The van der Waals surface area contributed by atoms with Gasteiger partial charge in [0.25, 0.3) is 0 Å². The first-order chi connectivity index (χ1) is 8.75. The second-order valence-electron chi connectivity index (χ2n) is 5.06. The quantitative estimate of drug-likeness (QED) is 0.905. The van der Waals surface area contributed by atoms with E-state index in [2.05, 4.69) is 15.2 Å². The molecule has 0 amide bonds. The monoisotopic (exact) mass is 285 g/mol. The molecule has 0 radical (unpaired) electrons. The Bertz CT molecular complexity index is 432. The summed E-state index contributed by atoms with van der Waals surface area (Å²) in [5.74, 6) is 0.886. The van der Waals surface area contributed by atoms with Gasteiger partial charge in [0.2, 0.25) is 0 Å². The topological polar surface area (TPSA) is 28.2 Å². The minimum atomic E-state index is 0.527. The van der Waals surface area contributed by atoms with E-state index in [9.17, 15) is 0 Å². The van der Waals surface area contributed by atoms with Gasteiger partial charge in [-0.3, -0.25) is 0 Å². The summed E-state index contributed by atoms with van der Waals surface area (Å²) in [6.07, 6.45) is 6.64. The molecule has 1 aromatic heterocycles. The van der Waals surface area contributed by atoms with Crippen LogP contribution in [0.2, 0.25) is 10.0 Å². The second kappa shape index (κ2) is 5.24. The zero-order chi connectivity index (χ0) is 12.5. The lowest BCUT2D eigenvalue weighted by Crippen LogP contribution is -2.44. The van der Waals surface area contributed by atoms with Crippen molar-refractivity contribution >= 4 is 29.0 Å². The molecule has 0 saturated carbocycles. The van der Waals surface area contributed by atoms with Crippen LogP contribution in [0.3, 0.4) is 0 Å². The van der Waals surface area contributed by atoms with Crippen LogP contribution in [-0.4, -0.2) is 30.2 Å². The van der Waals surface area contributed by atoms with Crippen molar-refractivity contribution in [1.82, 2.24) is 10.3 Å². The molecular weight excluding hydrogens is 269 g/mol. The molecule has 2 unspecified atom stereocenters. The Kier molecular flexibility index (Phi) is 3.64. The third kappa shape index (κ3) is 2.31. The van der Waals surface area contributed by atoms with Crippen molar-refractivity contribution in [3.63, 3.8) is 0 Å². The lowest BCUT2D eigenvalue weighted by molar-refractivity contribution is 0.481. The van der Waals surface area contributed by atoms with Crippen molar-refractivity contribution in [2.75, 3.05) is 18.0 Å². The molecule has 0 aliphatic carbocycles. The highest BCUT2D eigenvalue weighted by atomic mass is 35.5. The summed E-state index contributed by atoms with van der Waals surface area (Å²) in [5.41, 5.74) is 0. The summed E-state index contributed by atoms with van der Waals surface area (Å²) in [5, 5.41) is 4.85. The number of halogens is 2. The van der Waals surface area contributed by atoms with Gasteiger partial charge in [-0.25, -0.2) is 4.98 Å². The Labute approximate surface area is 117 Å². The fraction of sp³-hybridized carbons (Fsp3) is 0.615. The van der Waals surface area contributed by atoms with E-state index in [1.807, 2.05) is 0 Å². The molecule has 98 valence electrons. The molecule has 2 fully saturated rings. The van der Waals surface area contributed by atoms with Gasteiger partial charge in [0, 0.05) is 24.8 Å². The number of hydrogen-bond donors (Lipinski definition) is 1. The zero-order valence-electron chi connectivity index (χ0n) is 10.2. The van der Waals surface area contributed by atoms with Gasteiger partial charge in [-0.1, -0.05) is 23.2 Å². The van der Waals surface area contributed by atoms with Gasteiger partial charge < -0.3 is 10.2 Å². The van der Waals surface area contributed by atoms with Crippen molar-refractivity contribution in [2.45, 2.75) is 37.8 Å². The van der Waals surface area contributed by atoms with Crippen LogP contribution in [-0.2, 0) is 0 Å². The normalized spacial score (nSPS) is 28.0. The SMILES string of the molecule is Clc1cnc(N2CCCC2C2CCCN2)c(Cl)c1. The third-order valence-corrected chi connectivity index (χ3v) is 4.41. The van der Waals surface area contributed by atoms with Crippen LogP contribution in [0.4, 0.5) is 5.82 Å². The summed E-state index contributed by atoms with van der Waals surface area (Å²) in [7, 11) is 0. The predicted octanol–water partition coefficient (Wildman–Crippen LogP) is 3.11. The van der Waals surface area contributed by atoms with Crippen molar-refractivity contribution in [2.24, 2.45) is 0 Å². The zero-order valence-corrected chi connectivity index (χ0v) is 11.7. The predicted molar refractivity (Wildman–Crippen MR) is 75.6 cm³/mol. The van der Waals surface area contributed by atoms with E-state index in [4.69, 9.17) is 23.2 Å². The van der Waals surface area contributed by atoms with Crippen LogP contribution < -0.4 is 10.2 Å². The van der Waals surface area contributed by atoms with E-state index in [-0.39, 0.29) is 0 Å². The summed E-state index contributed by atoms with van der Waals surface area (Å²) in [6, 6.07) is 2.89. The number of aromatic nitrogens is 1. The Balaban J connectivity index is 1.85. The van der Waals surface area contributed by atoms with Gasteiger partial charge in [0.1, 0.15) is 5.82 Å². The van der Waals surface area contributed by atoms with Gasteiger partial charge >= 0.3 is 0 Å². The largest absolute Gasteiger partial charge is 0.351 e. The maximum Gasteiger partial charge on any atom is 0.147 e. The molecule has 1 N–H and O–H groups in total. The van der Waals surface area contributed by atoms with Gasteiger partial charge in [0.15, 0.2) is 0 Å². The highest BCUT2D eigenvalue weighted by Gasteiger charge is 2.34. The fourth-order valence-electron chi connectivity index (χ4n) is 3.13. The number of pyridine rings is 1. The Morgan fingerprint density at radius 2 is 2.17 bits per heavy atom. The molecule has 2 saturated heterocycles. The van der Waals surface area contributed by atoms with Crippen molar-refractivity contribution < 1.29 is 0 Å². The standard InChI is InChI=1S/C13H17Cl2N3/c14-9-7-10(15)13(17-8-9)18-6-2-4-12(18)11-3-1-5-16-11/h7-8,11-12,16H,1-6H2. The van der Waals surface area contributed by atoms with E-state index in [0.717, 1.165) is 18.9 Å². The summed E-state index contributed by atoms with van der Waals surface area (Å²) in [4.78, 5) is 6.76. The maximum atomic E-state index is 6.27. The molecule has 0 aromatic carbocycles. The van der Waals surface area contributed by atoms with E-state index in [1.165, 1.54) is 25.7 Å². The highest BCUT2D eigenvalue weighted by Crippen LogP contribution is 2.33. The Morgan fingerprint density at radius 3 is 2.89 bits per heavy atom. The third-order valence-electron chi connectivity index (χ3n) is 3.92. The molecule has 0 spiro atoms. The molecule has 3 rings (SSSR count). The first-order valence-electron chi connectivity index (χ1n) is 6.57. The summed E-state index contributed by atoms with van der Waals surface area (Å²) in [6.45, 7) is 2.17. The Hall–Kier alpha value is -0.510. The lowest BCUT2D eigenvalue weighted by atomic mass is 10.0. The van der Waals surface area contributed by atoms with Crippen LogP contribution in [0.25, 0.3) is 0 Å². The number of nitrogens with zero attached hydrogens (tertiary/aromatic N) is 2. The highest BCUT2D eigenvalue weighted by molar-refractivity contribution is 6.36. The van der Waals surface area contributed by atoms with Crippen LogP contribution in [0.1, 0.15) is 25.7 Å². The van der Waals surface area contributed by atoms with Crippen LogP contribution in [0, 0.1) is 0 Å². The van der Waals surface area contributed by atoms with Crippen LogP contribution in [0.5, 0.6) is 0 Å². The molecular formula is C13H17Cl2N3. The molecule has 2 atom stereocenters. The number of nitrogens with one attached hydrogen (secondary N) is 1. The van der Waals surface area contributed by atoms with Crippen LogP contribution in [0.15, 0.2) is 12.3 Å². The van der Waals surface area contributed by atoms with Crippen molar-refractivity contribution in [3.8, 4) is 0 Å². The van der Waals surface area contributed by atoms with Crippen molar-refractivity contribution in [1.29, 1.82) is 0 Å². The van der Waals surface area contributed by atoms with Gasteiger partial charge in [-0.2, -0.15) is 0 Å². The summed E-state index contributed by atoms with van der Waals surface area (Å²) < 4.78 is 0. The van der Waals surface area contributed by atoms with E-state index in [0.29, 0.717) is 22.1 Å². The fourth-order valence-corrected chi connectivity index (χ4v) is 3.62. The molecule has 5 heteroatoms. The van der Waals surface area contributed by atoms with Gasteiger partial charge in [-0.05, 0) is 38.3 Å². The lowest BCUT2D eigenvalue weighted by Gasteiger charge is -2.31. The molecule has 1 aromatic rings. The maximum absolute atomic E-state index is 6.27. The van der Waals surface area contributed by atoms with Gasteiger partial charge in [0.05, 0.1) is 10.0 Å². The average molecular weight is 286 g/mol. The smallest absolute Gasteiger partial charge is 0.147 e. The minimum Gasteiger partial charge on any atom is -0.351 e. The second-order valence-corrected chi connectivity index (χ2v) is 5.91. The molecule has 3 nitrogen and oxygen atoms in total. The molecule has 18 heavy (non-hydrogen) atoms. The first-order valence-corrected chi connectivity index (χ1v) is 7.32. The van der Waals surface area contributed by atoms with Crippen molar-refractivity contribution in [3.05, 3.63) is 22.3 Å². The van der Waals surface area contributed by atoms with E-state index < -0.39 is 0 Å². The van der Waals surface area contributed by atoms with Crippen LogP contribution >= 0.6 is 23.2 Å². The minimum absolute atomic E-state index is 0.527. The number of hydrogen-bond acceptors (Lipinski definition) is 3. The summed E-state index contributed by atoms with van der Waals surface area (Å²) >= 11 is 12.2. The average Bonchev–Trinajstić information content (AvgIpc) is 2.98. The van der Waals surface area contributed by atoms with E-state index >= 15 is 0 Å². The van der Waals surface area contributed by atoms with Gasteiger partial charge in [-0.15, -0.1) is 0 Å². The molecule has 0 bridgehead atoms. The van der Waals surface area contributed by atoms with E-state index in [1.54, 1.807) is 12.3 Å². The Morgan fingerprint density at radius 1 is 1.28 bits per heavy atom.